The first-order valence-corrected chi connectivity index (χ1v) is 6.36. The second-order valence-corrected chi connectivity index (χ2v) is 5.24. The molecule has 19 heavy (non-hydrogen) atoms. The maximum atomic E-state index is 13.2. The highest BCUT2D eigenvalue weighted by Gasteiger charge is 2.41. The van der Waals surface area contributed by atoms with E-state index in [-0.39, 0.29) is 5.56 Å². The number of aliphatic hydroxyl groups is 1. The Kier molecular flexibility index (Phi) is 3.60. The summed E-state index contributed by atoms with van der Waals surface area (Å²) in [6.45, 7) is 1.99. The lowest BCUT2D eigenvalue weighted by molar-refractivity contribution is -0.140. The van der Waals surface area contributed by atoms with Gasteiger partial charge in [0.25, 0.3) is 0 Å². The van der Waals surface area contributed by atoms with Gasteiger partial charge in [-0.25, -0.2) is 4.39 Å². The molecule has 0 amide bonds. The molecule has 1 aliphatic rings. The highest BCUT2D eigenvalue weighted by molar-refractivity contribution is 5.32. The first-order valence-electron chi connectivity index (χ1n) is 6.36. The van der Waals surface area contributed by atoms with E-state index in [2.05, 4.69) is 0 Å². The molecule has 0 heterocycles. The predicted octanol–water partition coefficient (Wildman–Crippen LogP) is 4.24. The molecule has 1 nitrogen and oxygen atoms in total. The zero-order valence-electron chi connectivity index (χ0n) is 10.6. The fourth-order valence-corrected chi connectivity index (χ4v) is 2.77. The zero-order chi connectivity index (χ0) is 14.3. The van der Waals surface area contributed by atoms with Gasteiger partial charge in [0.2, 0.25) is 0 Å². The molecule has 1 aromatic carbocycles. The lowest BCUT2D eigenvalue weighted by atomic mass is 9.89. The van der Waals surface area contributed by atoms with Crippen LogP contribution in [0.5, 0.6) is 0 Å². The molecule has 106 valence electrons. The van der Waals surface area contributed by atoms with Crippen LogP contribution in [0.4, 0.5) is 17.6 Å². The van der Waals surface area contributed by atoms with Crippen molar-refractivity contribution in [3.8, 4) is 0 Å². The largest absolute Gasteiger partial charge is 0.419 e. The van der Waals surface area contributed by atoms with Crippen molar-refractivity contribution in [3.63, 3.8) is 0 Å². The van der Waals surface area contributed by atoms with Crippen LogP contribution in [0.15, 0.2) is 18.2 Å². The van der Waals surface area contributed by atoms with Crippen LogP contribution in [-0.4, -0.2) is 5.11 Å². The molecule has 0 aromatic heterocycles. The van der Waals surface area contributed by atoms with Gasteiger partial charge in [0, 0.05) is 0 Å². The summed E-state index contributed by atoms with van der Waals surface area (Å²) < 4.78 is 51.2. The van der Waals surface area contributed by atoms with Crippen molar-refractivity contribution in [2.45, 2.75) is 44.4 Å². The molecule has 1 saturated carbocycles. The van der Waals surface area contributed by atoms with E-state index in [0.717, 1.165) is 25.0 Å². The molecule has 5 heteroatoms. The summed E-state index contributed by atoms with van der Waals surface area (Å²) >= 11 is 0. The van der Waals surface area contributed by atoms with Gasteiger partial charge >= 0.3 is 6.18 Å². The Bertz CT molecular complexity index is 469. The molecule has 0 aliphatic heterocycles. The zero-order valence-corrected chi connectivity index (χ0v) is 10.6. The molecular formula is C14H16F4O. The van der Waals surface area contributed by atoms with Crippen LogP contribution in [0.3, 0.4) is 0 Å². The summed E-state index contributed by atoms with van der Waals surface area (Å²) in [5, 5.41) is 10.5. The van der Waals surface area contributed by atoms with Crippen molar-refractivity contribution in [2.75, 3.05) is 0 Å². The molecule has 0 saturated heterocycles. The lowest BCUT2D eigenvalue weighted by Gasteiger charge is -2.24. The average molecular weight is 276 g/mol. The molecule has 1 aliphatic carbocycles. The van der Waals surface area contributed by atoms with Crippen LogP contribution in [0.2, 0.25) is 0 Å². The van der Waals surface area contributed by atoms with Crippen LogP contribution >= 0.6 is 0 Å². The standard InChI is InChI=1S/C14H16F4O/c1-2-9-5-6-13(19,8-9)10-3-4-12(15)11(7-10)14(16,17)18/h3-4,7,9,19H,2,5-6,8H2,1H3. The van der Waals surface area contributed by atoms with Gasteiger partial charge in [0.15, 0.2) is 0 Å². The van der Waals surface area contributed by atoms with Gasteiger partial charge in [0.1, 0.15) is 5.82 Å². The van der Waals surface area contributed by atoms with Crippen molar-refractivity contribution in [3.05, 3.63) is 35.1 Å². The molecule has 2 rings (SSSR count). The number of alkyl halides is 3. The Hall–Kier alpha value is -1.10. The second-order valence-electron chi connectivity index (χ2n) is 5.24. The van der Waals surface area contributed by atoms with E-state index in [1.165, 1.54) is 6.07 Å². The van der Waals surface area contributed by atoms with Gasteiger partial charge in [-0.05, 0) is 42.9 Å². The normalized spacial score (nSPS) is 27.8. The summed E-state index contributed by atoms with van der Waals surface area (Å²) in [7, 11) is 0. The molecule has 0 spiro atoms. The van der Waals surface area contributed by atoms with E-state index in [1.807, 2.05) is 6.92 Å². The molecule has 1 aromatic rings. The van der Waals surface area contributed by atoms with E-state index >= 15 is 0 Å². The highest BCUT2D eigenvalue weighted by atomic mass is 19.4. The molecule has 1 N–H and O–H groups in total. The number of hydrogen-bond acceptors (Lipinski definition) is 1. The average Bonchev–Trinajstić information content (AvgIpc) is 2.71. The van der Waals surface area contributed by atoms with Gasteiger partial charge in [0.05, 0.1) is 11.2 Å². The van der Waals surface area contributed by atoms with Crippen molar-refractivity contribution in [1.82, 2.24) is 0 Å². The van der Waals surface area contributed by atoms with Crippen LogP contribution < -0.4 is 0 Å². The number of benzene rings is 1. The molecule has 1 fully saturated rings. The smallest absolute Gasteiger partial charge is 0.385 e. The molecule has 2 unspecified atom stereocenters. The van der Waals surface area contributed by atoms with E-state index < -0.39 is 23.2 Å². The summed E-state index contributed by atoms with van der Waals surface area (Å²) in [6.07, 6.45) is -2.21. The first kappa shape index (κ1) is 14.3. The van der Waals surface area contributed by atoms with Crippen molar-refractivity contribution < 1.29 is 22.7 Å². The molecule has 0 radical (unpaired) electrons. The van der Waals surface area contributed by atoms with Gasteiger partial charge in [-0.2, -0.15) is 13.2 Å². The topological polar surface area (TPSA) is 20.2 Å². The molecular weight excluding hydrogens is 260 g/mol. The van der Waals surface area contributed by atoms with Crippen LogP contribution in [0.25, 0.3) is 0 Å². The fourth-order valence-electron chi connectivity index (χ4n) is 2.77. The van der Waals surface area contributed by atoms with Gasteiger partial charge in [-0.15, -0.1) is 0 Å². The third-order valence-corrected chi connectivity index (χ3v) is 3.98. The maximum absolute atomic E-state index is 13.2. The van der Waals surface area contributed by atoms with Crippen molar-refractivity contribution >= 4 is 0 Å². The third kappa shape index (κ3) is 2.76. The quantitative estimate of drug-likeness (QED) is 0.801. The molecule has 0 bridgehead atoms. The Labute approximate surface area is 109 Å². The third-order valence-electron chi connectivity index (χ3n) is 3.98. The monoisotopic (exact) mass is 276 g/mol. The molecule has 2 atom stereocenters. The Morgan fingerprint density at radius 2 is 2.05 bits per heavy atom. The van der Waals surface area contributed by atoms with Gasteiger partial charge < -0.3 is 5.11 Å². The van der Waals surface area contributed by atoms with E-state index in [0.29, 0.717) is 18.8 Å². The summed E-state index contributed by atoms with van der Waals surface area (Å²) in [6, 6.07) is 2.78. The van der Waals surface area contributed by atoms with Crippen molar-refractivity contribution in [1.29, 1.82) is 0 Å². The highest BCUT2D eigenvalue weighted by Crippen LogP contribution is 2.44. The minimum atomic E-state index is -4.74. The Balaban J connectivity index is 2.37. The predicted molar refractivity (Wildman–Crippen MR) is 62.9 cm³/mol. The van der Waals surface area contributed by atoms with Gasteiger partial charge in [-0.1, -0.05) is 19.4 Å². The number of rotatable bonds is 2. The van der Waals surface area contributed by atoms with Crippen LogP contribution in [0, 0.1) is 11.7 Å². The second kappa shape index (κ2) is 4.78. The van der Waals surface area contributed by atoms with Crippen LogP contribution in [-0.2, 0) is 11.8 Å². The number of halogens is 4. The SMILES string of the molecule is CCC1CCC(O)(c2ccc(F)c(C(F)(F)F)c2)C1. The van der Waals surface area contributed by atoms with E-state index in [4.69, 9.17) is 0 Å². The van der Waals surface area contributed by atoms with E-state index in [1.54, 1.807) is 0 Å². The summed E-state index contributed by atoms with van der Waals surface area (Å²) in [5.74, 6) is -0.991. The fraction of sp³-hybridized carbons (Fsp3) is 0.571. The minimum Gasteiger partial charge on any atom is -0.385 e. The van der Waals surface area contributed by atoms with Crippen LogP contribution in [0.1, 0.15) is 43.7 Å². The van der Waals surface area contributed by atoms with Gasteiger partial charge in [-0.3, -0.25) is 0 Å². The lowest BCUT2D eigenvalue weighted by Crippen LogP contribution is -2.23. The summed E-state index contributed by atoms with van der Waals surface area (Å²) in [4.78, 5) is 0. The Morgan fingerprint density at radius 3 is 2.58 bits per heavy atom. The maximum Gasteiger partial charge on any atom is 0.419 e. The first-order chi connectivity index (χ1) is 8.76. The van der Waals surface area contributed by atoms with E-state index in [9.17, 15) is 22.7 Å². The van der Waals surface area contributed by atoms with Crippen molar-refractivity contribution in [2.24, 2.45) is 5.92 Å². The summed E-state index contributed by atoms with van der Waals surface area (Å²) in [5.41, 5.74) is -2.40. The minimum absolute atomic E-state index is 0.164. The number of hydrogen-bond donors (Lipinski definition) is 1. The Morgan fingerprint density at radius 1 is 1.37 bits per heavy atom.